The van der Waals surface area contributed by atoms with E-state index in [1.54, 1.807) is 18.4 Å². The SMILES string of the molecule is COc1ccc(-c2ccc3cc(CC(=O)NC4CCN(Cc5ccc(OC6CCNCC6)c(Br)c5)CC4)sc3c2)cc1.Cl. The maximum atomic E-state index is 12.9. The van der Waals surface area contributed by atoms with Gasteiger partial charge in [0.05, 0.1) is 18.0 Å². The number of benzene rings is 3. The monoisotopic (exact) mass is 683 g/mol. The smallest absolute Gasteiger partial charge is 0.225 e. The summed E-state index contributed by atoms with van der Waals surface area (Å²) < 4.78 is 13.7. The van der Waals surface area contributed by atoms with E-state index in [9.17, 15) is 4.79 Å². The maximum absolute atomic E-state index is 12.9. The molecule has 2 aliphatic heterocycles. The highest BCUT2D eigenvalue weighted by Gasteiger charge is 2.22. The first kappa shape index (κ1) is 31.8. The molecule has 4 aromatic rings. The van der Waals surface area contributed by atoms with Gasteiger partial charge in [0.1, 0.15) is 17.6 Å². The molecule has 6 rings (SSSR count). The summed E-state index contributed by atoms with van der Waals surface area (Å²) in [5.74, 6) is 1.90. The van der Waals surface area contributed by atoms with Gasteiger partial charge < -0.3 is 20.1 Å². The predicted molar refractivity (Wildman–Crippen MR) is 182 cm³/mol. The number of piperidine rings is 2. The average molecular weight is 685 g/mol. The number of carbonyl (C=O) groups is 1. The van der Waals surface area contributed by atoms with Crippen molar-refractivity contribution in [3.63, 3.8) is 0 Å². The van der Waals surface area contributed by atoms with Crippen LogP contribution >= 0.6 is 39.7 Å². The molecule has 2 fully saturated rings. The minimum Gasteiger partial charge on any atom is -0.497 e. The Hall–Kier alpha value is -2.62. The molecule has 3 aromatic carbocycles. The van der Waals surface area contributed by atoms with Gasteiger partial charge in [0.25, 0.3) is 0 Å². The number of likely N-dealkylation sites (tertiary alicyclic amines) is 1. The number of ether oxygens (including phenoxy) is 2. The normalized spacial score (nSPS) is 16.5. The molecule has 0 radical (unpaired) electrons. The molecule has 2 saturated heterocycles. The summed E-state index contributed by atoms with van der Waals surface area (Å²) in [5.41, 5.74) is 3.61. The molecule has 2 N–H and O–H groups in total. The molecule has 0 saturated carbocycles. The Kier molecular flexibility index (Phi) is 11.0. The van der Waals surface area contributed by atoms with Gasteiger partial charge in [0.15, 0.2) is 0 Å². The lowest BCUT2D eigenvalue weighted by molar-refractivity contribution is -0.121. The van der Waals surface area contributed by atoms with Crippen molar-refractivity contribution in [2.24, 2.45) is 0 Å². The second-order valence-electron chi connectivity index (χ2n) is 11.3. The first-order valence-electron chi connectivity index (χ1n) is 14.9. The van der Waals surface area contributed by atoms with Gasteiger partial charge in [-0.3, -0.25) is 9.69 Å². The van der Waals surface area contributed by atoms with Crippen molar-refractivity contribution in [1.82, 2.24) is 15.5 Å². The number of amides is 1. The fourth-order valence-electron chi connectivity index (χ4n) is 5.90. The molecular weight excluding hydrogens is 646 g/mol. The maximum Gasteiger partial charge on any atom is 0.225 e. The van der Waals surface area contributed by atoms with Crippen LogP contribution in [0.5, 0.6) is 11.5 Å². The van der Waals surface area contributed by atoms with E-state index in [-0.39, 0.29) is 24.4 Å². The van der Waals surface area contributed by atoms with E-state index in [2.05, 4.69) is 86.1 Å². The summed E-state index contributed by atoms with van der Waals surface area (Å²) in [7, 11) is 1.68. The highest BCUT2D eigenvalue weighted by Crippen LogP contribution is 2.32. The van der Waals surface area contributed by atoms with Gasteiger partial charge in [0.2, 0.25) is 5.91 Å². The van der Waals surface area contributed by atoms with Gasteiger partial charge in [-0.05, 0) is 113 Å². The van der Waals surface area contributed by atoms with Crippen LogP contribution in [0.4, 0.5) is 0 Å². The van der Waals surface area contributed by atoms with Crippen LogP contribution in [0.3, 0.4) is 0 Å². The molecule has 0 spiro atoms. The number of thiophene rings is 1. The Bertz CT molecular complexity index is 1520. The van der Waals surface area contributed by atoms with Crippen molar-refractivity contribution in [3.05, 3.63) is 81.6 Å². The second kappa shape index (κ2) is 14.9. The molecule has 0 atom stereocenters. The van der Waals surface area contributed by atoms with E-state index >= 15 is 0 Å². The Morgan fingerprint density at radius 3 is 2.44 bits per heavy atom. The zero-order valence-electron chi connectivity index (χ0n) is 24.4. The van der Waals surface area contributed by atoms with Crippen molar-refractivity contribution in [3.8, 4) is 22.6 Å². The number of carbonyl (C=O) groups excluding carboxylic acids is 1. The van der Waals surface area contributed by atoms with Crippen LogP contribution in [-0.2, 0) is 17.8 Å². The first-order valence-corrected chi connectivity index (χ1v) is 16.5. The predicted octanol–water partition coefficient (Wildman–Crippen LogP) is 7.22. The van der Waals surface area contributed by atoms with Crippen molar-refractivity contribution in [2.45, 2.75) is 50.8 Å². The zero-order chi connectivity index (χ0) is 28.9. The van der Waals surface area contributed by atoms with Crippen molar-refractivity contribution >= 4 is 55.7 Å². The van der Waals surface area contributed by atoms with Crippen LogP contribution in [0, 0.1) is 0 Å². The Morgan fingerprint density at radius 1 is 0.977 bits per heavy atom. The van der Waals surface area contributed by atoms with Crippen LogP contribution in [0.1, 0.15) is 36.1 Å². The Balaban J connectivity index is 0.00000368. The van der Waals surface area contributed by atoms with Crippen LogP contribution in [0.25, 0.3) is 21.2 Å². The van der Waals surface area contributed by atoms with Crippen LogP contribution in [0.2, 0.25) is 0 Å². The molecule has 1 amide bonds. The highest BCUT2D eigenvalue weighted by atomic mass is 79.9. The molecular formula is C34H39BrClN3O3S. The lowest BCUT2D eigenvalue weighted by Crippen LogP contribution is -2.44. The van der Waals surface area contributed by atoms with E-state index in [0.29, 0.717) is 12.5 Å². The van der Waals surface area contributed by atoms with Crippen molar-refractivity contribution < 1.29 is 14.3 Å². The van der Waals surface area contributed by atoms with Gasteiger partial charge >= 0.3 is 0 Å². The van der Waals surface area contributed by atoms with Gasteiger partial charge in [-0.2, -0.15) is 0 Å². The summed E-state index contributed by atoms with van der Waals surface area (Å²) in [4.78, 5) is 16.5. The molecule has 0 unspecified atom stereocenters. The lowest BCUT2D eigenvalue weighted by Gasteiger charge is -2.32. The van der Waals surface area contributed by atoms with Crippen molar-refractivity contribution in [2.75, 3.05) is 33.3 Å². The molecule has 43 heavy (non-hydrogen) atoms. The molecule has 6 nitrogen and oxygen atoms in total. The molecule has 1 aromatic heterocycles. The third-order valence-electron chi connectivity index (χ3n) is 8.26. The minimum atomic E-state index is 0. The molecule has 0 aliphatic carbocycles. The summed E-state index contributed by atoms with van der Waals surface area (Å²) in [6.45, 7) is 4.91. The molecule has 228 valence electrons. The van der Waals surface area contributed by atoms with Crippen LogP contribution in [0.15, 0.2) is 71.2 Å². The Labute approximate surface area is 272 Å². The first-order chi connectivity index (χ1) is 20.5. The minimum absolute atomic E-state index is 0. The Morgan fingerprint density at radius 2 is 1.72 bits per heavy atom. The van der Waals surface area contributed by atoms with E-state index in [4.69, 9.17) is 9.47 Å². The molecule has 2 aliphatic rings. The number of methoxy groups -OCH3 is 1. The summed E-state index contributed by atoms with van der Waals surface area (Å²) in [5, 5.41) is 7.87. The fourth-order valence-corrected chi connectivity index (χ4v) is 7.52. The summed E-state index contributed by atoms with van der Waals surface area (Å²) in [6.07, 6.45) is 4.77. The number of nitrogens with zero attached hydrogens (tertiary/aromatic N) is 1. The van der Waals surface area contributed by atoms with E-state index in [1.165, 1.54) is 21.2 Å². The zero-order valence-corrected chi connectivity index (χ0v) is 27.7. The fraction of sp³-hybridized carbons (Fsp3) is 0.382. The molecule has 9 heteroatoms. The number of hydrogen-bond acceptors (Lipinski definition) is 6. The van der Waals surface area contributed by atoms with E-state index < -0.39 is 0 Å². The molecule has 3 heterocycles. The average Bonchev–Trinajstić information content (AvgIpc) is 3.41. The number of nitrogens with one attached hydrogen (secondary N) is 2. The second-order valence-corrected chi connectivity index (χ2v) is 13.3. The van der Waals surface area contributed by atoms with Crippen LogP contribution < -0.4 is 20.1 Å². The van der Waals surface area contributed by atoms with Crippen LogP contribution in [-0.4, -0.2) is 56.2 Å². The summed E-state index contributed by atoms with van der Waals surface area (Å²) >= 11 is 5.43. The van der Waals surface area contributed by atoms with Gasteiger partial charge in [-0.25, -0.2) is 0 Å². The largest absolute Gasteiger partial charge is 0.497 e. The quantitative estimate of drug-likeness (QED) is 0.195. The van der Waals surface area contributed by atoms with E-state index in [1.807, 2.05) is 12.1 Å². The third-order valence-corrected chi connectivity index (χ3v) is 9.98. The molecule has 0 bridgehead atoms. The van der Waals surface area contributed by atoms with Gasteiger partial charge in [0, 0.05) is 35.3 Å². The number of hydrogen-bond donors (Lipinski definition) is 2. The number of fused-ring (bicyclic) bond motifs is 1. The van der Waals surface area contributed by atoms with Gasteiger partial charge in [-0.15, -0.1) is 23.7 Å². The number of rotatable bonds is 9. The van der Waals surface area contributed by atoms with Crippen molar-refractivity contribution in [1.29, 1.82) is 0 Å². The topological polar surface area (TPSA) is 62.8 Å². The lowest BCUT2D eigenvalue weighted by atomic mass is 10.0. The summed E-state index contributed by atoms with van der Waals surface area (Å²) in [6, 6.07) is 23.5. The third kappa shape index (κ3) is 8.31. The number of halogens is 2. The van der Waals surface area contributed by atoms with E-state index in [0.717, 1.165) is 84.8 Å². The highest BCUT2D eigenvalue weighted by molar-refractivity contribution is 9.10. The van der Waals surface area contributed by atoms with Gasteiger partial charge in [-0.1, -0.05) is 30.3 Å². The standard InChI is InChI=1S/C34H38BrN3O3S.ClH/c1-40-28-7-5-24(6-8-28)25-3-4-26-19-30(42-33(26)20-25)21-34(39)37-27-12-16-38(17-13-27)22-23-2-9-32(31(35)18-23)41-29-10-14-36-15-11-29;/h2-9,18-20,27,29,36H,10-17,21-22H2,1H3,(H,37,39);1H.